The molecule has 2 aromatic heterocycles. The van der Waals surface area contributed by atoms with E-state index in [0.717, 1.165) is 26.2 Å². The van der Waals surface area contributed by atoms with Crippen molar-refractivity contribution in [2.45, 2.75) is 19.1 Å². The average molecular weight is 346 g/mol. The Morgan fingerprint density at radius 2 is 2.38 bits per heavy atom. The molecule has 0 radical (unpaired) electrons. The molecule has 5 nitrogen and oxygen atoms in total. The van der Waals surface area contributed by atoms with Crippen molar-refractivity contribution in [3.63, 3.8) is 0 Å². The van der Waals surface area contributed by atoms with E-state index in [1.54, 1.807) is 23.5 Å². The van der Waals surface area contributed by atoms with Crippen LogP contribution in [0.4, 0.5) is 0 Å². The van der Waals surface area contributed by atoms with E-state index in [1.807, 2.05) is 0 Å². The van der Waals surface area contributed by atoms with E-state index in [-0.39, 0.29) is 12.0 Å². The Balaban J connectivity index is 1.32. The molecule has 2 fully saturated rings. The summed E-state index contributed by atoms with van der Waals surface area (Å²) in [5.41, 5.74) is 1.39. The highest BCUT2D eigenvalue weighted by atomic mass is 32.1. The predicted octanol–water partition coefficient (Wildman–Crippen LogP) is 2.61. The Labute approximate surface area is 145 Å². The predicted molar refractivity (Wildman–Crippen MR) is 92.0 cm³/mol. The first-order valence-electron chi connectivity index (χ1n) is 8.46. The molecule has 0 unspecified atom stereocenters. The second kappa shape index (κ2) is 7.09. The van der Waals surface area contributed by atoms with Crippen molar-refractivity contribution in [1.29, 1.82) is 0 Å². The van der Waals surface area contributed by atoms with Crippen LogP contribution in [0.3, 0.4) is 0 Å². The molecule has 0 bridgehead atoms. The van der Waals surface area contributed by atoms with E-state index in [9.17, 15) is 4.79 Å². The number of nitrogens with one attached hydrogen (secondary N) is 1. The number of piperidine rings is 1. The third kappa shape index (κ3) is 3.41. The van der Waals surface area contributed by atoms with Crippen LogP contribution in [0.1, 0.15) is 22.5 Å². The summed E-state index contributed by atoms with van der Waals surface area (Å²) in [6.45, 7) is 4.55. The van der Waals surface area contributed by atoms with E-state index >= 15 is 0 Å². The SMILES string of the molecule is O=C(NC[C@@H]1OC[C@H]2CCN(Cc3ccsc3)C[C@H]21)c1ccco1. The molecule has 1 amide bonds. The van der Waals surface area contributed by atoms with Gasteiger partial charge in [0.25, 0.3) is 5.91 Å². The highest BCUT2D eigenvalue weighted by molar-refractivity contribution is 7.07. The summed E-state index contributed by atoms with van der Waals surface area (Å²) in [5, 5.41) is 7.30. The number of nitrogens with zero attached hydrogens (tertiary/aromatic N) is 1. The minimum atomic E-state index is -0.169. The molecular formula is C18H22N2O3S. The van der Waals surface area contributed by atoms with Crippen LogP contribution in [0.5, 0.6) is 0 Å². The fourth-order valence-corrected chi connectivity index (χ4v) is 4.44. The van der Waals surface area contributed by atoms with E-state index < -0.39 is 0 Å². The Kier molecular flexibility index (Phi) is 4.69. The molecule has 4 rings (SSSR count). The fraction of sp³-hybridized carbons (Fsp3) is 0.500. The smallest absolute Gasteiger partial charge is 0.287 e. The summed E-state index contributed by atoms with van der Waals surface area (Å²) >= 11 is 1.75. The quantitative estimate of drug-likeness (QED) is 0.904. The molecule has 6 heteroatoms. The third-order valence-electron chi connectivity index (χ3n) is 5.09. The van der Waals surface area contributed by atoms with Crippen LogP contribution in [0.25, 0.3) is 0 Å². The zero-order valence-electron chi connectivity index (χ0n) is 13.5. The van der Waals surface area contributed by atoms with E-state index in [2.05, 4.69) is 27.0 Å². The van der Waals surface area contributed by atoms with Crippen LogP contribution in [-0.2, 0) is 11.3 Å². The van der Waals surface area contributed by atoms with Crippen LogP contribution in [0.15, 0.2) is 39.6 Å². The first-order chi connectivity index (χ1) is 11.8. The van der Waals surface area contributed by atoms with Gasteiger partial charge < -0.3 is 14.5 Å². The standard InChI is InChI=1S/C18H22N2O3S/c21-18(16-2-1-6-22-16)19-8-17-15-10-20(5-3-14(15)11-23-17)9-13-4-7-24-12-13/h1-2,4,6-7,12,14-15,17H,3,5,8-11H2,(H,19,21)/t14-,15-,17+/m1/s1. The topological polar surface area (TPSA) is 54.7 Å². The zero-order chi connectivity index (χ0) is 16.4. The first-order valence-corrected chi connectivity index (χ1v) is 9.40. The molecule has 3 atom stereocenters. The largest absolute Gasteiger partial charge is 0.459 e. The van der Waals surface area contributed by atoms with E-state index in [1.165, 1.54) is 18.2 Å². The minimum absolute atomic E-state index is 0.0965. The second-order valence-electron chi connectivity index (χ2n) is 6.64. The maximum atomic E-state index is 12.0. The molecule has 0 spiro atoms. The highest BCUT2D eigenvalue weighted by Crippen LogP contribution is 2.34. The maximum absolute atomic E-state index is 12.0. The molecule has 1 N–H and O–H groups in total. The molecule has 0 aromatic carbocycles. The maximum Gasteiger partial charge on any atom is 0.287 e. The number of rotatable bonds is 5. The van der Waals surface area contributed by atoms with Gasteiger partial charge in [-0.25, -0.2) is 0 Å². The van der Waals surface area contributed by atoms with Crippen molar-refractivity contribution in [1.82, 2.24) is 10.2 Å². The number of furan rings is 1. The van der Waals surface area contributed by atoms with E-state index in [0.29, 0.717) is 24.1 Å². The van der Waals surface area contributed by atoms with Crippen LogP contribution >= 0.6 is 11.3 Å². The molecule has 2 aliphatic heterocycles. The lowest BCUT2D eigenvalue weighted by atomic mass is 9.84. The van der Waals surface area contributed by atoms with Gasteiger partial charge >= 0.3 is 0 Å². The Hall–Kier alpha value is -1.63. The molecule has 2 aliphatic rings. The van der Waals surface area contributed by atoms with Gasteiger partial charge in [0, 0.05) is 25.6 Å². The van der Waals surface area contributed by atoms with E-state index in [4.69, 9.17) is 9.15 Å². The van der Waals surface area contributed by atoms with Gasteiger partial charge in [-0.1, -0.05) is 0 Å². The van der Waals surface area contributed by atoms with Gasteiger partial charge in [0.2, 0.25) is 0 Å². The lowest BCUT2D eigenvalue weighted by molar-refractivity contribution is 0.0668. The Bertz CT molecular complexity index is 656. The van der Waals surface area contributed by atoms with Crippen LogP contribution < -0.4 is 5.32 Å². The summed E-state index contributed by atoms with van der Waals surface area (Å²) in [7, 11) is 0. The minimum Gasteiger partial charge on any atom is -0.459 e. The monoisotopic (exact) mass is 346 g/mol. The molecular weight excluding hydrogens is 324 g/mol. The number of carbonyl (C=O) groups is 1. The molecule has 0 saturated carbocycles. The molecule has 4 heterocycles. The Morgan fingerprint density at radius 1 is 1.42 bits per heavy atom. The van der Waals surface area contributed by atoms with Gasteiger partial charge in [-0.05, 0) is 53.4 Å². The van der Waals surface area contributed by atoms with Gasteiger partial charge in [0.05, 0.1) is 19.0 Å². The summed E-state index contributed by atoms with van der Waals surface area (Å²) in [4.78, 5) is 14.5. The van der Waals surface area contributed by atoms with Gasteiger partial charge in [0.1, 0.15) is 0 Å². The van der Waals surface area contributed by atoms with Crippen molar-refractivity contribution in [3.05, 3.63) is 46.5 Å². The third-order valence-corrected chi connectivity index (χ3v) is 5.82. The Morgan fingerprint density at radius 3 is 3.17 bits per heavy atom. The van der Waals surface area contributed by atoms with Crippen molar-refractivity contribution >= 4 is 17.2 Å². The van der Waals surface area contributed by atoms with Gasteiger partial charge in [-0.2, -0.15) is 11.3 Å². The van der Waals surface area contributed by atoms with Crippen molar-refractivity contribution in [2.75, 3.05) is 26.2 Å². The number of ether oxygens (including phenoxy) is 1. The van der Waals surface area contributed by atoms with Crippen LogP contribution in [0.2, 0.25) is 0 Å². The molecule has 2 aromatic rings. The zero-order valence-corrected chi connectivity index (χ0v) is 14.3. The number of likely N-dealkylation sites (tertiary alicyclic amines) is 1. The molecule has 24 heavy (non-hydrogen) atoms. The normalized spacial score (nSPS) is 27.1. The fourth-order valence-electron chi connectivity index (χ4n) is 3.78. The van der Waals surface area contributed by atoms with Crippen LogP contribution in [0, 0.1) is 11.8 Å². The van der Waals surface area contributed by atoms with Crippen molar-refractivity contribution < 1.29 is 13.9 Å². The number of hydrogen-bond acceptors (Lipinski definition) is 5. The highest BCUT2D eigenvalue weighted by Gasteiger charge is 2.40. The number of carbonyl (C=O) groups excluding carboxylic acids is 1. The van der Waals surface area contributed by atoms with Crippen molar-refractivity contribution in [3.8, 4) is 0 Å². The van der Waals surface area contributed by atoms with Gasteiger partial charge in [-0.15, -0.1) is 0 Å². The summed E-state index contributed by atoms with van der Waals surface area (Å²) in [6, 6.07) is 5.60. The number of fused-ring (bicyclic) bond motifs is 1. The summed E-state index contributed by atoms with van der Waals surface area (Å²) < 4.78 is 11.1. The lowest BCUT2D eigenvalue weighted by Crippen LogP contribution is -2.45. The summed E-state index contributed by atoms with van der Waals surface area (Å²) in [6.07, 6.45) is 2.79. The molecule has 0 aliphatic carbocycles. The number of thiophene rings is 1. The average Bonchev–Trinajstić information content (AvgIpc) is 3.34. The lowest BCUT2D eigenvalue weighted by Gasteiger charge is -2.35. The van der Waals surface area contributed by atoms with Gasteiger partial charge in [0.15, 0.2) is 5.76 Å². The summed E-state index contributed by atoms with van der Waals surface area (Å²) in [5.74, 6) is 1.30. The molecule has 2 saturated heterocycles. The second-order valence-corrected chi connectivity index (χ2v) is 7.42. The van der Waals surface area contributed by atoms with Crippen molar-refractivity contribution in [2.24, 2.45) is 11.8 Å². The van der Waals surface area contributed by atoms with Crippen LogP contribution in [-0.4, -0.2) is 43.2 Å². The van der Waals surface area contributed by atoms with Gasteiger partial charge in [-0.3, -0.25) is 9.69 Å². The molecule has 128 valence electrons. The number of amides is 1. The first kappa shape index (κ1) is 15.9. The number of hydrogen-bond donors (Lipinski definition) is 1.